The van der Waals surface area contributed by atoms with Gasteiger partial charge in [0.1, 0.15) is 24.4 Å². The lowest BCUT2D eigenvalue weighted by Gasteiger charge is -2.41. The highest BCUT2D eigenvalue weighted by Gasteiger charge is 2.47. The van der Waals surface area contributed by atoms with Gasteiger partial charge in [0.15, 0.2) is 12.4 Å². The molecule has 0 aliphatic carbocycles. The Morgan fingerprint density at radius 2 is 0.944 bits per heavy atom. The van der Waals surface area contributed by atoms with Crippen LogP contribution in [0.3, 0.4) is 0 Å². The number of carbonyl (C=O) groups is 2. The van der Waals surface area contributed by atoms with Gasteiger partial charge in [-0.2, -0.15) is 0 Å². The van der Waals surface area contributed by atoms with Crippen LogP contribution in [-0.4, -0.2) is 99.6 Å². The van der Waals surface area contributed by atoms with Crippen LogP contribution >= 0.6 is 0 Å². The molecule has 418 valence electrons. The summed E-state index contributed by atoms with van der Waals surface area (Å²) in [6, 6.07) is -1.02. The van der Waals surface area contributed by atoms with E-state index in [-0.39, 0.29) is 13.0 Å². The minimum atomic E-state index is -1.61. The van der Waals surface area contributed by atoms with Gasteiger partial charge in [0.25, 0.3) is 0 Å². The third-order valence-corrected chi connectivity index (χ3v) is 14.4. The monoisotopic (exact) mass is 1010 g/mol. The van der Waals surface area contributed by atoms with Crippen molar-refractivity contribution in [2.24, 2.45) is 0 Å². The molecule has 0 spiro atoms. The van der Waals surface area contributed by atoms with E-state index in [9.17, 15) is 35.1 Å². The van der Waals surface area contributed by atoms with E-state index in [0.717, 1.165) is 77.0 Å². The number of aliphatic hydroxyl groups is 5. The zero-order chi connectivity index (χ0) is 51.8. The van der Waals surface area contributed by atoms with Gasteiger partial charge in [-0.05, 0) is 44.9 Å². The lowest BCUT2D eigenvalue weighted by molar-refractivity contribution is -0.305. The van der Waals surface area contributed by atoms with Crippen LogP contribution in [0.1, 0.15) is 284 Å². The topological polar surface area (TPSA) is 175 Å². The first-order chi connectivity index (χ1) is 34.7. The number of carbonyl (C=O) groups excluding carboxylic acids is 2. The fraction of sp³-hybridized carbons (Fsp3) is 0.900. The number of amides is 1. The number of ether oxygens (including phenoxy) is 3. The molecule has 8 atom stereocenters. The number of rotatable bonds is 51. The van der Waals surface area contributed by atoms with Gasteiger partial charge in [-0.1, -0.05) is 257 Å². The van der Waals surface area contributed by atoms with Gasteiger partial charge >= 0.3 is 5.97 Å². The van der Waals surface area contributed by atoms with Gasteiger partial charge in [-0.25, -0.2) is 0 Å². The molecule has 0 aromatic carbocycles. The molecule has 1 rings (SSSR count). The van der Waals surface area contributed by atoms with Crippen molar-refractivity contribution in [3.8, 4) is 0 Å². The van der Waals surface area contributed by atoms with Crippen LogP contribution in [0.4, 0.5) is 0 Å². The zero-order valence-electron chi connectivity index (χ0n) is 46.1. The number of esters is 1. The van der Waals surface area contributed by atoms with Crippen LogP contribution in [0.5, 0.6) is 0 Å². The fourth-order valence-corrected chi connectivity index (χ4v) is 9.52. The van der Waals surface area contributed by atoms with Crippen LogP contribution in [0.15, 0.2) is 24.3 Å². The van der Waals surface area contributed by atoms with E-state index in [2.05, 4.69) is 38.2 Å². The Balaban J connectivity index is 2.69. The molecule has 1 aliphatic rings. The number of nitrogens with one attached hydrogen (secondary N) is 1. The number of hydrogen-bond acceptors (Lipinski definition) is 10. The molecule has 11 heteroatoms. The summed E-state index contributed by atoms with van der Waals surface area (Å²) >= 11 is 0. The number of allylic oxidation sites excluding steroid dienone is 3. The first-order valence-corrected chi connectivity index (χ1v) is 30.1. The third kappa shape index (κ3) is 37.5. The molecule has 0 aromatic rings. The molecule has 0 aromatic heterocycles. The number of aliphatic hydroxyl groups excluding tert-OH is 5. The Morgan fingerprint density at radius 3 is 1.41 bits per heavy atom. The summed E-state index contributed by atoms with van der Waals surface area (Å²) in [5, 5.41) is 56.8. The Kier molecular flexibility index (Phi) is 46.4. The molecule has 1 saturated heterocycles. The first-order valence-electron chi connectivity index (χ1n) is 30.1. The predicted octanol–water partition coefficient (Wildman–Crippen LogP) is 13.7. The second kappa shape index (κ2) is 49.0. The molecular weight excluding hydrogens is 895 g/mol. The summed E-state index contributed by atoms with van der Waals surface area (Å²) in [7, 11) is 0. The van der Waals surface area contributed by atoms with Crippen LogP contribution in [0, 0.1) is 0 Å². The molecular formula is C60H113NO10. The van der Waals surface area contributed by atoms with E-state index < -0.39 is 67.4 Å². The zero-order valence-corrected chi connectivity index (χ0v) is 46.1. The van der Waals surface area contributed by atoms with Crippen molar-refractivity contribution in [1.29, 1.82) is 0 Å². The maximum absolute atomic E-state index is 13.4. The lowest BCUT2D eigenvalue weighted by atomic mass is 9.99. The Morgan fingerprint density at radius 1 is 0.535 bits per heavy atom. The van der Waals surface area contributed by atoms with Crippen LogP contribution in [0.25, 0.3) is 0 Å². The van der Waals surface area contributed by atoms with E-state index in [1.54, 1.807) is 6.08 Å². The maximum Gasteiger partial charge on any atom is 0.306 e. The largest absolute Gasteiger partial charge is 0.454 e. The normalized spacial score (nSPS) is 19.7. The van der Waals surface area contributed by atoms with Crippen LogP contribution in [-0.2, 0) is 23.8 Å². The van der Waals surface area contributed by atoms with Gasteiger partial charge in [-0.15, -0.1) is 0 Å². The first kappa shape index (κ1) is 67.2. The average Bonchev–Trinajstić information content (AvgIpc) is 3.37. The van der Waals surface area contributed by atoms with Gasteiger partial charge in [0.05, 0.1) is 25.4 Å². The molecule has 1 heterocycles. The van der Waals surface area contributed by atoms with Crippen molar-refractivity contribution >= 4 is 11.9 Å². The van der Waals surface area contributed by atoms with Crippen molar-refractivity contribution in [2.45, 2.75) is 333 Å². The summed E-state index contributed by atoms with van der Waals surface area (Å²) in [4.78, 5) is 26.4. The standard InChI is InChI=1S/C60H113NO10/c1-4-7-10-13-16-19-22-24-25-26-27-28-30-33-35-38-41-44-47-53(64)59(68)61-51(52(63)46-43-40-37-34-32-29-23-20-17-14-11-8-5-2)50-69-60-58(57(67)56(66)54(49-62)70-60)71-55(65)48-45-42-39-36-31-21-18-15-12-9-6-3/h15,18,43,46,51-54,56-58,60,62-64,66-67H,4-14,16-17,19-42,44-45,47-50H2,1-3H3,(H,61,68)/b18-15-,46-43+. The van der Waals surface area contributed by atoms with Crippen LogP contribution < -0.4 is 5.32 Å². The van der Waals surface area contributed by atoms with Gasteiger partial charge < -0.3 is 45.1 Å². The predicted molar refractivity (Wildman–Crippen MR) is 292 cm³/mol. The van der Waals surface area contributed by atoms with E-state index in [1.807, 2.05) is 6.08 Å². The van der Waals surface area contributed by atoms with E-state index in [1.165, 1.54) is 161 Å². The molecule has 11 nitrogen and oxygen atoms in total. The van der Waals surface area contributed by atoms with Gasteiger partial charge in [-0.3, -0.25) is 9.59 Å². The highest BCUT2D eigenvalue weighted by Crippen LogP contribution is 2.26. The Labute approximate surface area is 435 Å². The fourth-order valence-electron chi connectivity index (χ4n) is 9.52. The summed E-state index contributed by atoms with van der Waals surface area (Å²) in [5.74, 6) is -1.19. The SMILES string of the molecule is CCCC/C=C\CCCCCCCC(=O)OC1C(OCC(NC(=O)C(O)CCCCCCCCCCCCCCCCCCCC)C(O)/C=C/CCCCCCCCCCCCC)OC(CO)C(O)C1O. The molecule has 1 fully saturated rings. The Bertz CT molecular complexity index is 1250. The summed E-state index contributed by atoms with van der Waals surface area (Å²) in [5.41, 5.74) is 0. The molecule has 0 saturated carbocycles. The quantitative estimate of drug-likeness (QED) is 0.0195. The average molecular weight is 1010 g/mol. The minimum absolute atomic E-state index is 0.116. The summed E-state index contributed by atoms with van der Waals surface area (Å²) in [6.07, 6.45) is 45.1. The third-order valence-electron chi connectivity index (χ3n) is 14.4. The van der Waals surface area contributed by atoms with Crippen molar-refractivity contribution < 1.29 is 49.3 Å². The highest BCUT2D eigenvalue weighted by atomic mass is 16.7. The smallest absolute Gasteiger partial charge is 0.306 e. The second-order valence-electron chi connectivity index (χ2n) is 21.1. The van der Waals surface area contributed by atoms with Crippen LogP contribution in [0.2, 0.25) is 0 Å². The molecule has 1 amide bonds. The minimum Gasteiger partial charge on any atom is -0.454 e. The Hall–Kier alpha value is -1.86. The molecule has 0 bridgehead atoms. The van der Waals surface area contributed by atoms with Gasteiger partial charge in [0.2, 0.25) is 5.91 Å². The van der Waals surface area contributed by atoms with E-state index >= 15 is 0 Å². The number of unbranched alkanes of at least 4 members (excludes halogenated alkanes) is 35. The molecule has 6 N–H and O–H groups in total. The lowest BCUT2D eigenvalue weighted by Crippen LogP contribution is -2.61. The second-order valence-corrected chi connectivity index (χ2v) is 21.1. The molecule has 8 unspecified atom stereocenters. The highest BCUT2D eigenvalue weighted by molar-refractivity contribution is 5.80. The number of hydrogen-bond donors (Lipinski definition) is 6. The maximum atomic E-state index is 13.4. The van der Waals surface area contributed by atoms with Gasteiger partial charge in [0, 0.05) is 6.42 Å². The van der Waals surface area contributed by atoms with Crippen molar-refractivity contribution in [2.75, 3.05) is 13.2 Å². The van der Waals surface area contributed by atoms with Crippen molar-refractivity contribution in [1.82, 2.24) is 5.32 Å². The van der Waals surface area contributed by atoms with E-state index in [0.29, 0.717) is 19.3 Å². The van der Waals surface area contributed by atoms with Crippen molar-refractivity contribution in [3.05, 3.63) is 24.3 Å². The molecule has 71 heavy (non-hydrogen) atoms. The van der Waals surface area contributed by atoms with E-state index in [4.69, 9.17) is 14.2 Å². The van der Waals surface area contributed by atoms with Crippen molar-refractivity contribution in [3.63, 3.8) is 0 Å². The molecule has 0 radical (unpaired) electrons. The molecule has 1 aliphatic heterocycles. The summed E-state index contributed by atoms with van der Waals surface area (Å²) < 4.78 is 17.6. The summed E-state index contributed by atoms with van der Waals surface area (Å²) in [6.45, 7) is 5.76.